The minimum absolute atomic E-state index is 0.125. The summed E-state index contributed by atoms with van der Waals surface area (Å²) in [6.07, 6.45) is 3.88. The molecule has 0 spiro atoms. The van der Waals surface area contributed by atoms with E-state index in [1.54, 1.807) is 12.1 Å². The van der Waals surface area contributed by atoms with Gasteiger partial charge in [-0.3, -0.25) is 9.40 Å². The molecule has 1 aliphatic heterocycles. The largest absolute Gasteiger partial charge is 0.457 e. The van der Waals surface area contributed by atoms with Gasteiger partial charge >= 0.3 is 5.51 Å². The minimum Gasteiger partial charge on any atom is -0.457 e. The zero-order valence-electron chi connectivity index (χ0n) is 15.5. The fourth-order valence-corrected chi connectivity index (χ4v) is 4.40. The van der Waals surface area contributed by atoms with Gasteiger partial charge in [0.05, 0.1) is 6.20 Å². The van der Waals surface area contributed by atoms with Crippen molar-refractivity contribution in [2.75, 3.05) is 7.05 Å². The number of nitrogens with one attached hydrogen (secondary N) is 1. The van der Waals surface area contributed by atoms with E-state index < -0.39 is 5.51 Å². The van der Waals surface area contributed by atoms with Gasteiger partial charge in [0.25, 0.3) is 0 Å². The molecule has 4 rings (SSSR count). The molecule has 152 valence electrons. The molecule has 29 heavy (non-hydrogen) atoms. The van der Waals surface area contributed by atoms with Crippen LogP contribution < -0.4 is 9.46 Å². The molecule has 2 aromatic carbocycles. The van der Waals surface area contributed by atoms with Crippen LogP contribution >= 0.6 is 23.7 Å². The standard InChI is InChI=1S/C20H18F3N3OS2/c1-24-29-15-8-9-19(16(11-15)17-12-25-26-10-2-3-18(17)26)27-13-4-6-14(7-5-13)28-20(21,22)23/h4-9,11-12,24H,2-3,10H2,1H3. The Morgan fingerprint density at radius 2 is 1.83 bits per heavy atom. The molecule has 0 atom stereocenters. The summed E-state index contributed by atoms with van der Waals surface area (Å²) in [4.78, 5) is 1.16. The number of aryl methyl sites for hydroxylation is 1. The number of benzene rings is 2. The number of hydrogen-bond acceptors (Lipinski definition) is 5. The van der Waals surface area contributed by atoms with Crippen molar-refractivity contribution in [2.45, 2.75) is 34.7 Å². The van der Waals surface area contributed by atoms with Gasteiger partial charge in [0.2, 0.25) is 0 Å². The Labute approximate surface area is 175 Å². The average Bonchev–Trinajstić information content (AvgIpc) is 3.27. The van der Waals surface area contributed by atoms with Gasteiger partial charge in [-0.1, -0.05) is 0 Å². The van der Waals surface area contributed by atoms with Crippen molar-refractivity contribution in [3.05, 3.63) is 54.4 Å². The van der Waals surface area contributed by atoms with Gasteiger partial charge in [-0.2, -0.15) is 18.3 Å². The molecule has 1 aromatic heterocycles. The first-order valence-electron chi connectivity index (χ1n) is 8.99. The zero-order valence-corrected chi connectivity index (χ0v) is 17.1. The monoisotopic (exact) mass is 437 g/mol. The van der Waals surface area contributed by atoms with Crippen molar-refractivity contribution >= 4 is 23.7 Å². The van der Waals surface area contributed by atoms with Crippen molar-refractivity contribution in [3.8, 4) is 22.6 Å². The predicted octanol–water partition coefficient (Wildman–Crippen LogP) is 6.13. The highest BCUT2D eigenvalue weighted by Crippen LogP contribution is 2.40. The number of rotatable bonds is 6. The van der Waals surface area contributed by atoms with E-state index in [9.17, 15) is 13.2 Å². The van der Waals surface area contributed by atoms with Crippen molar-refractivity contribution in [1.29, 1.82) is 0 Å². The molecule has 0 amide bonds. The lowest BCUT2D eigenvalue weighted by atomic mass is 10.0. The number of alkyl halides is 3. The topological polar surface area (TPSA) is 39.1 Å². The Kier molecular flexibility index (Phi) is 5.80. The van der Waals surface area contributed by atoms with E-state index >= 15 is 0 Å². The van der Waals surface area contributed by atoms with E-state index in [0.717, 1.165) is 35.4 Å². The van der Waals surface area contributed by atoms with E-state index in [4.69, 9.17) is 4.74 Å². The molecule has 0 bridgehead atoms. The second-order valence-corrected chi connectivity index (χ2v) is 8.64. The first kappa shape index (κ1) is 20.2. The fourth-order valence-electron chi connectivity index (χ4n) is 3.31. The highest BCUT2D eigenvalue weighted by atomic mass is 32.2. The zero-order chi connectivity index (χ0) is 20.4. The number of thioether (sulfide) groups is 1. The van der Waals surface area contributed by atoms with E-state index in [0.29, 0.717) is 11.5 Å². The van der Waals surface area contributed by atoms with Crippen LogP contribution in [0.1, 0.15) is 12.1 Å². The summed E-state index contributed by atoms with van der Waals surface area (Å²) in [6.45, 7) is 0.912. The molecule has 0 saturated carbocycles. The van der Waals surface area contributed by atoms with Gasteiger partial charge in [0.1, 0.15) is 11.5 Å². The van der Waals surface area contributed by atoms with Gasteiger partial charge in [-0.05, 0) is 86.1 Å². The normalized spacial score (nSPS) is 13.5. The highest BCUT2D eigenvalue weighted by Gasteiger charge is 2.29. The first-order valence-corrected chi connectivity index (χ1v) is 10.6. The molecule has 0 unspecified atom stereocenters. The maximum absolute atomic E-state index is 12.5. The third-order valence-electron chi connectivity index (χ3n) is 4.48. The number of hydrogen-bond donors (Lipinski definition) is 1. The molecular weight excluding hydrogens is 419 g/mol. The Balaban J connectivity index is 1.65. The van der Waals surface area contributed by atoms with Gasteiger partial charge in [0.15, 0.2) is 0 Å². The van der Waals surface area contributed by atoms with Gasteiger partial charge in [-0.25, -0.2) is 0 Å². The molecule has 9 heteroatoms. The Bertz CT molecular complexity index is 1000. The Morgan fingerprint density at radius 1 is 1.07 bits per heavy atom. The van der Waals surface area contributed by atoms with Crippen LogP contribution in [0.5, 0.6) is 11.5 Å². The second kappa shape index (κ2) is 8.33. The average molecular weight is 438 g/mol. The van der Waals surface area contributed by atoms with Crippen molar-refractivity contribution in [3.63, 3.8) is 0 Å². The summed E-state index contributed by atoms with van der Waals surface area (Å²) in [7, 11) is 1.85. The smallest absolute Gasteiger partial charge is 0.446 e. The molecule has 0 radical (unpaired) electrons. The molecule has 3 aromatic rings. The summed E-state index contributed by atoms with van der Waals surface area (Å²) in [6, 6.07) is 11.8. The molecule has 1 N–H and O–H groups in total. The van der Waals surface area contributed by atoms with Gasteiger partial charge in [-0.15, -0.1) is 0 Å². The molecule has 0 saturated heterocycles. The van der Waals surface area contributed by atoms with Crippen LogP contribution in [0, 0.1) is 0 Å². The van der Waals surface area contributed by atoms with Crippen LogP contribution in [0.15, 0.2) is 58.5 Å². The molecule has 4 nitrogen and oxygen atoms in total. The third-order valence-corrected chi connectivity index (χ3v) is 5.91. The quantitative estimate of drug-likeness (QED) is 0.371. The van der Waals surface area contributed by atoms with Crippen LogP contribution in [0.2, 0.25) is 0 Å². The number of fused-ring (bicyclic) bond motifs is 1. The van der Waals surface area contributed by atoms with E-state index in [-0.39, 0.29) is 16.7 Å². The molecule has 1 aliphatic rings. The summed E-state index contributed by atoms with van der Waals surface area (Å²) < 4.78 is 48.7. The molecule has 0 fully saturated rings. The maximum Gasteiger partial charge on any atom is 0.446 e. The lowest BCUT2D eigenvalue weighted by Crippen LogP contribution is -1.98. The first-order chi connectivity index (χ1) is 13.9. The van der Waals surface area contributed by atoms with Crippen LogP contribution in [-0.2, 0) is 13.0 Å². The number of ether oxygens (including phenoxy) is 1. The van der Waals surface area contributed by atoms with E-state index in [2.05, 4.69) is 9.82 Å². The fraction of sp³-hybridized carbons (Fsp3) is 0.250. The van der Waals surface area contributed by atoms with Gasteiger partial charge in [0, 0.05) is 33.2 Å². The second-order valence-electron chi connectivity index (χ2n) is 6.42. The molecular formula is C20H18F3N3OS2. The van der Waals surface area contributed by atoms with Crippen LogP contribution in [0.3, 0.4) is 0 Å². The van der Waals surface area contributed by atoms with Gasteiger partial charge < -0.3 is 4.74 Å². The van der Waals surface area contributed by atoms with Crippen molar-refractivity contribution < 1.29 is 17.9 Å². The van der Waals surface area contributed by atoms with Crippen molar-refractivity contribution in [2.24, 2.45) is 0 Å². The number of halogens is 3. The lowest BCUT2D eigenvalue weighted by molar-refractivity contribution is -0.0328. The third kappa shape index (κ3) is 4.73. The lowest BCUT2D eigenvalue weighted by Gasteiger charge is -2.13. The Morgan fingerprint density at radius 3 is 2.55 bits per heavy atom. The Hall–Kier alpha value is -2.10. The SMILES string of the molecule is CNSc1ccc(Oc2ccc(SC(F)(F)F)cc2)c(-c2cnn3c2CCC3)c1. The van der Waals surface area contributed by atoms with E-state index in [1.807, 2.05) is 36.1 Å². The summed E-state index contributed by atoms with van der Waals surface area (Å²) >= 11 is 1.36. The summed E-state index contributed by atoms with van der Waals surface area (Å²) in [5.41, 5.74) is -1.18. The highest BCUT2D eigenvalue weighted by molar-refractivity contribution is 8.00. The molecule has 2 heterocycles. The minimum atomic E-state index is -4.31. The maximum atomic E-state index is 12.5. The van der Waals surface area contributed by atoms with Crippen LogP contribution in [0.4, 0.5) is 13.2 Å². The van der Waals surface area contributed by atoms with Crippen LogP contribution in [0.25, 0.3) is 11.1 Å². The number of nitrogens with zero attached hydrogens (tertiary/aromatic N) is 2. The summed E-state index contributed by atoms with van der Waals surface area (Å²) in [5, 5.41) is 4.47. The van der Waals surface area contributed by atoms with E-state index in [1.165, 1.54) is 29.8 Å². The predicted molar refractivity (Wildman–Crippen MR) is 109 cm³/mol. The number of aromatic nitrogens is 2. The van der Waals surface area contributed by atoms with Crippen molar-refractivity contribution in [1.82, 2.24) is 14.5 Å². The molecule has 0 aliphatic carbocycles. The summed E-state index contributed by atoms with van der Waals surface area (Å²) in [5.74, 6) is 1.12. The van der Waals surface area contributed by atoms with Crippen LogP contribution in [-0.4, -0.2) is 22.3 Å².